The van der Waals surface area contributed by atoms with Gasteiger partial charge in [-0.3, -0.25) is 4.79 Å². The van der Waals surface area contributed by atoms with Gasteiger partial charge in [0.05, 0.1) is 11.4 Å². The molecule has 7 nitrogen and oxygen atoms in total. The molecule has 0 aliphatic heterocycles. The number of aromatic nitrogens is 4. The van der Waals surface area contributed by atoms with Gasteiger partial charge in [0.15, 0.2) is 22.2 Å². The summed E-state index contributed by atoms with van der Waals surface area (Å²) in [5.74, 6) is 1.44. The Labute approximate surface area is 211 Å². The van der Waals surface area contributed by atoms with Crippen LogP contribution in [0.25, 0.3) is 11.3 Å². The summed E-state index contributed by atoms with van der Waals surface area (Å²) in [6.07, 6.45) is -0.323. The minimum atomic E-state index is -0.323. The molecule has 1 N–H and O–H groups in total. The van der Waals surface area contributed by atoms with E-state index < -0.39 is 0 Å². The van der Waals surface area contributed by atoms with Crippen molar-refractivity contribution in [2.24, 2.45) is 7.05 Å². The van der Waals surface area contributed by atoms with Crippen LogP contribution in [0.3, 0.4) is 0 Å². The zero-order valence-electron chi connectivity index (χ0n) is 19.2. The minimum absolute atomic E-state index is 0.152. The average Bonchev–Trinajstić information content (AvgIpc) is 3.41. The molecular formula is C24H24ClN5O2S2. The molecule has 1 amide bonds. The van der Waals surface area contributed by atoms with Crippen molar-refractivity contribution in [3.63, 3.8) is 0 Å². The molecular weight excluding hydrogens is 490 g/mol. The summed E-state index contributed by atoms with van der Waals surface area (Å²) >= 11 is 8.74. The highest BCUT2D eigenvalue weighted by atomic mass is 35.5. The van der Waals surface area contributed by atoms with Crippen molar-refractivity contribution in [2.75, 3.05) is 11.1 Å². The first-order chi connectivity index (χ1) is 16.3. The summed E-state index contributed by atoms with van der Waals surface area (Å²) in [6, 6.07) is 13.6. The molecule has 0 aliphatic carbocycles. The summed E-state index contributed by atoms with van der Waals surface area (Å²) in [7, 11) is 1.86. The first-order valence-corrected chi connectivity index (χ1v) is 12.8. The van der Waals surface area contributed by atoms with E-state index >= 15 is 0 Å². The maximum atomic E-state index is 12.5. The fourth-order valence-electron chi connectivity index (χ4n) is 3.27. The van der Waals surface area contributed by atoms with Crippen LogP contribution >= 0.6 is 34.7 Å². The Morgan fingerprint density at radius 3 is 2.71 bits per heavy atom. The molecule has 1 atom stereocenters. The minimum Gasteiger partial charge on any atom is -0.482 e. The fraction of sp³-hybridized carbons (Fsp3) is 0.250. The van der Waals surface area contributed by atoms with Gasteiger partial charge in [-0.1, -0.05) is 53.2 Å². The molecule has 2 aromatic heterocycles. The van der Waals surface area contributed by atoms with Crippen molar-refractivity contribution < 1.29 is 9.53 Å². The van der Waals surface area contributed by atoms with Gasteiger partial charge in [0.1, 0.15) is 5.75 Å². The number of anilines is 1. The van der Waals surface area contributed by atoms with E-state index in [1.54, 1.807) is 6.07 Å². The molecule has 0 aliphatic rings. The predicted octanol–water partition coefficient (Wildman–Crippen LogP) is 6.08. The number of aryl methyl sites for hydroxylation is 2. The third-order valence-corrected chi connectivity index (χ3v) is 7.12. The molecule has 0 bridgehead atoms. The van der Waals surface area contributed by atoms with Crippen molar-refractivity contribution >= 4 is 45.7 Å². The molecule has 4 aromatic rings. The molecule has 2 aromatic carbocycles. The highest BCUT2D eigenvalue weighted by Gasteiger charge is 2.19. The number of nitrogens with zero attached hydrogens (tertiary/aromatic N) is 4. The first-order valence-electron chi connectivity index (χ1n) is 10.6. The fourth-order valence-corrected chi connectivity index (χ4v) is 4.95. The number of rotatable bonds is 8. The van der Waals surface area contributed by atoms with Crippen LogP contribution in [0, 0.1) is 13.8 Å². The van der Waals surface area contributed by atoms with Crippen LogP contribution in [-0.4, -0.2) is 31.4 Å². The molecule has 0 fully saturated rings. The first kappa shape index (κ1) is 24.3. The quantitative estimate of drug-likeness (QED) is 0.287. The molecule has 0 spiro atoms. The molecule has 4 rings (SSSR count). The Morgan fingerprint density at radius 1 is 1.21 bits per heavy atom. The number of ether oxygens (including phenoxy) is 1. The van der Waals surface area contributed by atoms with Gasteiger partial charge in [0.2, 0.25) is 5.91 Å². The highest BCUT2D eigenvalue weighted by Crippen LogP contribution is 2.28. The number of hydrogen-bond donors (Lipinski definition) is 1. The van der Waals surface area contributed by atoms with Crippen molar-refractivity contribution in [3.8, 4) is 17.0 Å². The number of hydrogen-bond acceptors (Lipinski definition) is 7. The van der Waals surface area contributed by atoms with Gasteiger partial charge in [-0.15, -0.1) is 21.5 Å². The van der Waals surface area contributed by atoms with Gasteiger partial charge >= 0.3 is 0 Å². The van der Waals surface area contributed by atoms with Crippen LogP contribution in [0.1, 0.15) is 30.0 Å². The van der Waals surface area contributed by atoms with Gasteiger partial charge in [-0.2, -0.15) is 0 Å². The van der Waals surface area contributed by atoms with E-state index in [2.05, 4.69) is 20.5 Å². The summed E-state index contributed by atoms with van der Waals surface area (Å²) in [5, 5.41) is 15.2. The van der Waals surface area contributed by atoms with E-state index in [1.165, 1.54) is 28.7 Å². The van der Waals surface area contributed by atoms with E-state index in [0.717, 1.165) is 22.6 Å². The van der Waals surface area contributed by atoms with Gasteiger partial charge in [-0.05, 0) is 44.5 Å². The molecule has 34 heavy (non-hydrogen) atoms. The number of carbonyl (C=O) groups excluding carboxylic acids is 1. The predicted molar refractivity (Wildman–Crippen MR) is 138 cm³/mol. The second-order valence-corrected chi connectivity index (χ2v) is 10.0. The lowest BCUT2D eigenvalue weighted by atomic mass is 10.1. The Hall–Kier alpha value is -2.88. The molecule has 0 radical (unpaired) electrons. The summed E-state index contributed by atoms with van der Waals surface area (Å²) in [4.78, 5) is 17.0. The monoisotopic (exact) mass is 513 g/mol. The van der Waals surface area contributed by atoms with E-state index in [-0.39, 0.29) is 17.8 Å². The lowest BCUT2D eigenvalue weighted by molar-refractivity contribution is -0.113. The number of nitrogens with one attached hydrogen (secondary N) is 1. The zero-order chi connectivity index (χ0) is 24.2. The maximum Gasteiger partial charge on any atom is 0.236 e. The Kier molecular flexibility index (Phi) is 7.55. The standard InChI is InChI=1S/C24H24ClN5O2S2/c1-14-5-7-17(8-6-14)19-12-33-23(26-19)27-21(31)13-34-24-29-28-22(30(24)4)16(3)32-20-10-9-18(25)11-15(20)2/h5-12,16H,13H2,1-4H3,(H,26,27,31). The number of amides is 1. The second kappa shape index (κ2) is 10.6. The maximum absolute atomic E-state index is 12.5. The normalized spacial score (nSPS) is 11.9. The van der Waals surface area contributed by atoms with Crippen LogP contribution in [0.4, 0.5) is 5.13 Å². The number of thioether (sulfide) groups is 1. The van der Waals surface area contributed by atoms with Gasteiger partial charge in [-0.25, -0.2) is 4.98 Å². The Balaban J connectivity index is 1.33. The van der Waals surface area contributed by atoms with Gasteiger partial charge < -0.3 is 14.6 Å². The molecule has 176 valence electrons. The molecule has 0 saturated carbocycles. The van der Waals surface area contributed by atoms with E-state index in [1.807, 2.05) is 74.2 Å². The van der Waals surface area contributed by atoms with Crippen LogP contribution < -0.4 is 10.1 Å². The third kappa shape index (κ3) is 5.78. The number of halogens is 1. The van der Waals surface area contributed by atoms with Crippen LogP contribution in [0.5, 0.6) is 5.75 Å². The third-order valence-electron chi connectivity index (χ3n) is 5.10. The molecule has 0 saturated heterocycles. The van der Waals surface area contributed by atoms with Crippen LogP contribution in [0.15, 0.2) is 53.0 Å². The van der Waals surface area contributed by atoms with Gasteiger partial charge in [0, 0.05) is 23.0 Å². The molecule has 1 unspecified atom stereocenters. The summed E-state index contributed by atoms with van der Waals surface area (Å²) in [5.41, 5.74) is 4.00. The van der Waals surface area contributed by atoms with Crippen molar-refractivity contribution in [3.05, 3.63) is 69.8 Å². The Morgan fingerprint density at radius 2 is 1.97 bits per heavy atom. The summed E-state index contributed by atoms with van der Waals surface area (Å²) < 4.78 is 7.89. The second-order valence-electron chi connectivity index (χ2n) is 7.81. The number of carbonyl (C=O) groups is 1. The Bertz CT molecular complexity index is 1300. The lowest BCUT2D eigenvalue weighted by Gasteiger charge is -2.16. The largest absolute Gasteiger partial charge is 0.482 e. The summed E-state index contributed by atoms with van der Waals surface area (Å²) in [6.45, 7) is 5.90. The van der Waals surface area contributed by atoms with Crippen molar-refractivity contribution in [1.82, 2.24) is 19.7 Å². The van der Waals surface area contributed by atoms with Crippen LogP contribution in [-0.2, 0) is 11.8 Å². The van der Waals surface area contributed by atoms with E-state index in [4.69, 9.17) is 16.3 Å². The smallest absolute Gasteiger partial charge is 0.236 e. The number of benzene rings is 2. The van der Waals surface area contributed by atoms with Crippen molar-refractivity contribution in [1.29, 1.82) is 0 Å². The lowest BCUT2D eigenvalue weighted by Crippen LogP contribution is -2.14. The SMILES string of the molecule is Cc1ccc(-c2csc(NC(=O)CSc3nnc(C(C)Oc4ccc(Cl)cc4C)n3C)n2)cc1. The zero-order valence-corrected chi connectivity index (χ0v) is 21.6. The van der Waals surface area contributed by atoms with E-state index in [9.17, 15) is 4.79 Å². The molecule has 2 heterocycles. The topological polar surface area (TPSA) is 81.9 Å². The van der Waals surface area contributed by atoms with Crippen LogP contribution in [0.2, 0.25) is 5.02 Å². The average molecular weight is 514 g/mol. The van der Waals surface area contributed by atoms with Crippen molar-refractivity contribution in [2.45, 2.75) is 32.0 Å². The van der Waals surface area contributed by atoms with Gasteiger partial charge in [0.25, 0.3) is 0 Å². The molecule has 10 heteroatoms. The van der Waals surface area contributed by atoms with E-state index in [0.29, 0.717) is 21.1 Å². The number of thiazole rings is 1. The highest BCUT2D eigenvalue weighted by molar-refractivity contribution is 7.99.